The molecule has 3 saturated heterocycles. The van der Waals surface area contributed by atoms with Crippen molar-refractivity contribution >= 4 is 46.2 Å². The highest BCUT2D eigenvalue weighted by Crippen LogP contribution is 2.54. The summed E-state index contributed by atoms with van der Waals surface area (Å²) in [5.41, 5.74) is 4.68. The number of H-pyrrole nitrogens is 2. The molecule has 4 amide bonds. The molecule has 4 N–H and O–H groups in total. The number of carbonyl (C=O) groups excluding carboxylic acids is 4. The number of nitrogens with zero attached hydrogens (tertiary/aromatic N) is 5. The molecule has 6 aromatic rings. The molecule has 8 heterocycles. The van der Waals surface area contributed by atoms with Gasteiger partial charge in [0.2, 0.25) is 18.0 Å². The second kappa shape index (κ2) is 18.9. The summed E-state index contributed by atoms with van der Waals surface area (Å²) in [7, 11) is 2.59. The standard InChI is InChI=1S/C55H62FN9O8S/c1-26(2)46(61-54(68)70-5)51(66)63-17-7-8-39(63)49-57-25-37(59-49)31-11-13-34-42(23-31)73-53(44-16-15-43(74-44)29-9-10-29)65-38-14-12-30(20-35(38)45(56)48(34)65)36-24-58-50(60-36)41-22-32-21-40(32)64(41)52(67)47(62-55(69)71-6)33-18-27(3)72-28(4)19-33/h11-16,20,23-29,32-33,39-41,46-47,53H,7-10,17-19,21-22H2,1-6H3,(H,57,59)(H,58,60)(H,61,68)(H,62,69)/t27-,28+,32-,33?,39+,40-,41+,46+,47?,53?/m1/s1. The Morgan fingerprint density at radius 3 is 2.19 bits per heavy atom. The van der Waals surface area contributed by atoms with Crippen molar-refractivity contribution in [1.82, 2.24) is 44.9 Å². The number of aromatic amines is 2. The van der Waals surface area contributed by atoms with Gasteiger partial charge in [0.15, 0.2) is 5.82 Å². The topological polar surface area (TPSA) is 198 Å². The van der Waals surface area contributed by atoms with E-state index in [0.717, 1.165) is 53.8 Å². The number of carbonyl (C=O) groups is 4. The molecule has 5 fully saturated rings. The number of fused-ring (bicyclic) bond motifs is 6. The minimum Gasteiger partial charge on any atom is -0.464 e. The van der Waals surface area contributed by atoms with Gasteiger partial charge in [0.05, 0.1) is 78.4 Å². The van der Waals surface area contributed by atoms with Gasteiger partial charge in [-0.3, -0.25) is 14.2 Å². The fraction of sp³-hybridized carbons (Fsp3) is 0.491. The summed E-state index contributed by atoms with van der Waals surface area (Å²) in [5, 5.41) is 6.04. The molecule has 0 radical (unpaired) electrons. The molecule has 12 rings (SSSR count). The molecule has 19 heteroatoms. The molecule has 2 saturated carbocycles. The lowest BCUT2D eigenvalue weighted by Crippen LogP contribution is -2.55. The molecule has 3 unspecified atom stereocenters. The van der Waals surface area contributed by atoms with Gasteiger partial charge in [-0.1, -0.05) is 26.0 Å². The van der Waals surface area contributed by atoms with Gasteiger partial charge in [-0.15, -0.1) is 11.3 Å². The van der Waals surface area contributed by atoms with Crippen LogP contribution in [-0.2, 0) is 23.8 Å². The maximum Gasteiger partial charge on any atom is 0.407 e. The number of piperidine rings is 1. The Hall–Kier alpha value is -6.73. The van der Waals surface area contributed by atoms with E-state index in [1.54, 1.807) is 28.6 Å². The van der Waals surface area contributed by atoms with Crippen LogP contribution in [0, 0.1) is 23.6 Å². The zero-order valence-electron chi connectivity index (χ0n) is 42.4. The minimum atomic E-state index is -0.773. The van der Waals surface area contributed by atoms with Crippen LogP contribution < -0.4 is 15.4 Å². The third kappa shape index (κ3) is 8.58. The smallest absolute Gasteiger partial charge is 0.407 e. The molecular weight excluding hydrogens is 966 g/mol. The number of methoxy groups -OCH3 is 2. The molecule has 6 aliphatic rings. The average molecular weight is 1030 g/mol. The second-order valence-electron chi connectivity index (χ2n) is 21.5. The number of alkyl carbamates (subject to hydrolysis) is 2. The number of imidazole rings is 2. The van der Waals surface area contributed by atoms with E-state index < -0.39 is 30.5 Å². The highest BCUT2D eigenvalue weighted by Gasteiger charge is 2.57. The van der Waals surface area contributed by atoms with Crippen molar-refractivity contribution in [1.29, 1.82) is 0 Å². The van der Waals surface area contributed by atoms with Crippen molar-refractivity contribution < 1.29 is 42.5 Å². The summed E-state index contributed by atoms with van der Waals surface area (Å²) < 4.78 is 42.4. The van der Waals surface area contributed by atoms with E-state index in [1.165, 1.54) is 19.1 Å². The SMILES string of the molecule is COC(=O)NC(C(=O)N1[C@@H]2C[C@@H]2C[C@H]1c1ncc(-c2ccc3c(c2)c(F)c2n3C(c3ccc(C4CC4)s3)Oc3cc(-c4cnc([C@@H]5CCCN5C(=O)[C@@H](NC(=O)OC)C(C)C)[nH]4)ccc3-2)[nH]1)C1C[C@@H](C)O[C@@H](C)C1. The predicted octanol–water partition coefficient (Wildman–Crippen LogP) is 9.74. The van der Waals surface area contributed by atoms with E-state index >= 15 is 4.39 Å². The Balaban J connectivity index is 0.850. The van der Waals surface area contributed by atoms with Crippen LogP contribution >= 0.6 is 11.3 Å². The highest BCUT2D eigenvalue weighted by molar-refractivity contribution is 7.12. The van der Waals surface area contributed by atoms with E-state index in [9.17, 15) is 19.2 Å². The van der Waals surface area contributed by atoms with Crippen molar-refractivity contribution in [3.63, 3.8) is 0 Å². The number of aromatic nitrogens is 5. The maximum atomic E-state index is 17.6. The van der Waals surface area contributed by atoms with E-state index in [1.807, 2.05) is 73.6 Å². The summed E-state index contributed by atoms with van der Waals surface area (Å²) in [6.45, 7) is 8.31. The average Bonchev–Trinajstić information content (AvgIpc) is 3.86. The highest BCUT2D eigenvalue weighted by atomic mass is 32.1. The minimum absolute atomic E-state index is 0.0544. The lowest BCUT2D eigenvalue weighted by atomic mass is 9.85. The van der Waals surface area contributed by atoms with E-state index in [-0.39, 0.29) is 59.8 Å². The number of hydrogen-bond donors (Lipinski definition) is 4. The Bertz CT molecular complexity index is 3170. The number of thiophene rings is 1. The Morgan fingerprint density at radius 1 is 0.811 bits per heavy atom. The fourth-order valence-corrected chi connectivity index (χ4v) is 13.5. The van der Waals surface area contributed by atoms with Crippen LogP contribution in [0.15, 0.2) is 60.9 Å². The maximum absolute atomic E-state index is 17.6. The van der Waals surface area contributed by atoms with Gasteiger partial charge in [0.1, 0.15) is 29.5 Å². The van der Waals surface area contributed by atoms with Crippen LogP contribution in [0.25, 0.3) is 44.7 Å². The molecule has 0 spiro atoms. The first-order valence-corrected chi connectivity index (χ1v) is 26.9. The molecule has 74 heavy (non-hydrogen) atoms. The normalized spacial score (nSPS) is 25.7. The first-order valence-electron chi connectivity index (χ1n) is 26.1. The van der Waals surface area contributed by atoms with Gasteiger partial charge >= 0.3 is 12.2 Å². The molecule has 4 aliphatic heterocycles. The number of nitrogens with one attached hydrogen (secondary N) is 4. The van der Waals surface area contributed by atoms with Crippen LogP contribution in [0.4, 0.5) is 14.0 Å². The van der Waals surface area contributed by atoms with E-state index in [2.05, 4.69) is 32.7 Å². The number of ether oxygens (including phenoxy) is 4. The number of halogens is 1. The Morgan fingerprint density at radius 2 is 1.49 bits per heavy atom. The van der Waals surface area contributed by atoms with Crippen molar-refractivity contribution in [2.45, 2.75) is 134 Å². The lowest BCUT2D eigenvalue weighted by molar-refractivity contribution is -0.140. The molecule has 4 aromatic heterocycles. The fourth-order valence-electron chi connectivity index (χ4n) is 12.3. The molecule has 388 valence electrons. The Kier molecular flexibility index (Phi) is 12.3. The van der Waals surface area contributed by atoms with Gasteiger partial charge in [0, 0.05) is 39.5 Å². The van der Waals surface area contributed by atoms with Crippen LogP contribution in [0.1, 0.15) is 125 Å². The predicted molar refractivity (Wildman–Crippen MR) is 274 cm³/mol. The summed E-state index contributed by atoms with van der Waals surface area (Å²) in [5.74, 6) is 1.73. The van der Waals surface area contributed by atoms with Gasteiger partial charge in [-0.25, -0.2) is 23.9 Å². The van der Waals surface area contributed by atoms with Crippen LogP contribution in [-0.4, -0.2) is 109 Å². The number of amides is 4. The van der Waals surface area contributed by atoms with Crippen LogP contribution in [0.5, 0.6) is 5.75 Å². The summed E-state index contributed by atoms with van der Waals surface area (Å²) in [4.78, 5) is 76.0. The van der Waals surface area contributed by atoms with Crippen LogP contribution in [0.3, 0.4) is 0 Å². The van der Waals surface area contributed by atoms with Gasteiger partial charge in [-0.05, 0) is 125 Å². The zero-order valence-corrected chi connectivity index (χ0v) is 43.2. The molecule has 0 bridgehead atoms. The van der Waals surface area contributed by atoms with Crippen molar-refractivity contribution in [2.75, 3.05) is 20.8 Å². The van der Waals surface area contributed by atoms with Crippen molar-refractivity contribution in [3.05, 3.63) is 88.1 Å². The third-order valence-electron chi connectivity index (χ3n) is 16.2. The molecule has 10 atom stereocenters. The van der Waals surface area contributed by atoms with Crippen molar-refractivity contribution in [2.24, 2.45) is 17.8 Å². The number of likely N-dealkylation sites (tertiary alicyclic amines) is 2. The molecule has 2 aliphatic carbocycles. The van der Waals surface area contributed by atoms with Crippen LogP contribution in [0.2, 0.25) is 0 Å². The number of rotatable bonds is 12. The summed E-state index contributed by atoms with van der Waals surface area (Å²) in [6.07, 6.45) is 8.20. The van der Waals surface area contributed by atoms with Gasteiger partial charge < -0.3 is 49.3 Å². The summed E-state index contributed by atoms with van der Waals surface area (Å²) >= 11 is 1.71. The van der Waals surface area contributed by atoms with Gasteiger partial charge in [-0.2, -0.15) is 0 Å². The second-order valence-corrected chi connectivity index (χ2v) is 22.7. The zero-order chi connectivity index (χ0) is 51.3. The molecule has 2 aromatic carbocycles. The third-order valence-corrected chi connectivity index (χ3v) is 17.5. The Labute approximate surface area is 431 Å². The number of hydrogen-bond acceptors (Lipinski definition) is 11. The first kappa shape index (κ1) is 48.2. The largest absolute Gasteiger partial charge is 0.464 e. The lowest BCUT2D eigenvalue weighted by Gasteiger charge is -2.38. The number of benzene rings is 2. The quantitative estimate of drug-likeness (QED) is 0.0916. The molecular formula is C55H62FN9O8S. The van der Waals surface area contributed by atoms with E-state index in [0.29, 0.717) is 82.9 Å². The monoisotopic (exact) mass is 1030 g/mol. The molecule has 17 nitrogen and oxygen atoms in total. The summed E-state index contributed by atoms with van der Waals surface area (Å²) in [6, 6.07) is 13.7. The van der Waals surface area contributed by atoms with Gasteiger partial charge in [0.25, 0.3) is 0 Å². The van der Waals surface area contributed by atoms with E-state index in [4.69, 9.17) is 28.9 Å². The van der Waals surface area contributed by atoms with Crippen molar-refractivity contribution in [3.8, 4) is 39.5 Å². The first-order chi connectivity index (χ1) is 35.8.